The third-order valence-corrected chi connectivity index (χ3v) is 3.39. The van der Waals surface area contributed by atoms with Crippen LogP contribution in [-0.4, -0.2) is 17.6 Å². The monoisotopic (exact) mass is 262 g/mol. The molecule has 1 aromatic heterocycles. The lowest BCUT2D eigenvalue weighted by molar-refractivity contribution is 0.296. The van der Waals surface area contributed by atoms with Crippen molar-refractivity contribution in [2.45, 2.75) is 65.0 Å². The lowest BCUT2D eigenvalue weighted by Gasteiger charge is -2.12. The Morgan fingerprint density at radius 3 is 2.79 bits per heavy atom. The van der Waals surface area contributed by atoms with Gasteiger partial charge in [0.2, 0.25) is 5.88 Å². The number of nitrogens with one attached hydrogen (secondary N) is 1. The van der Waals surface area contributed by atoms with Crippen molar-refractivity contribution in [1.29, 1.82) is 0 Å². The number of pyridine rings is 1. The highest BCUT2D eigenvalue weighted by Crippen LogP contribution is 2.22. The van der Waals surface area contributed by atoms with Gasteiger partial charge in [0.15, 0.2) is 0 Å². The van der Waals surface area contributed by atoms with Crippen molar-refractivity contribution in [3.8, 4) is 5.88 Å². The SMILES string of the molecule is CCCCOc1cc(CNC2CC2)cc(C(C)C)n1. The van der Waals surface area contributed by atoms with Crippen molar-refractivity contribution < 1.29 is 4.74 Å². The van der Waals surface area contributed by atoms with E-state index in [0.717, 1.165) is 43.6 Å². The van der Waals surface area contributed by atoms with E-state index < -0.39 is 0 Å². The van der Waals surface area contributed by atoms with E-state index in [4.69, 9.17) is 4.74 Å². The summed E-state index contributed by atoms with van der Waals surface area (Å²) >= 11 is 0. The van der Waals surface area contributed by atoms with E-state index in [0.29, 0.717) is 5.92 Å². The van der Waals surface area contributed by atoms with Gasteiger partial charge in [0, 0.05) is 24.3 Å². The molecule has 0 unspecified atom stereocenters. The molecule has 1 aliphatic carbocycles. The zero-order valence-corrected chi connectivity index (χ0v) is 12.4. The molecule has 1 aromatic rings. The second-order valence-corrected chi connectivity index (χ2v) is 5.75. The van der Waals surface area contributed by atoms with Gasteiger partial charge in [-0.2, -0.15) is 0 Å². The first-order chi connectivity index (χ1) is 9.19. The van der Waals surface area contributed by atoms with Gasteiger partial charge in [0.25, 0.3) is 0 Å². The first kappa shape index (κ1) is 14.3. The number of hydrogen-bond donors (Lipinski definition) is 1. The van der Waals surface area contributed by atoms with Crippen molar-refractivity contribution in [3.63, 3.8) is 0 Å². The molecule has 2 rings (SSSR count). The largest absolute Gasteiger partial charge is 0.478 e. The first-order valence-corrected chi connectivity index (χ1v) is 7.56. The Balaban J connectivity index is 2.02. The Hall–Kier alpha value is -1.09. The smallest absolute Gasteiger partial charge is 0.213 e. The van der Waals surface area contributed by atoms with Gasteiger partial charge < -0.3 is 10.1 Å². The summed E-state index contributed by atoms with van der Waals surface area (Å²) in [4.78, 5) is 4.60. The second-order valence-electron chi connectivity index (χ2n) is 5.75. The third kappa shape index (κ3) is 4.83. The third-order valence-electron chi connectivity index (χ3n) is 3.39. The molecule has 1 saturated carbocycles. The molecule has 0 saturated heterocycles. The summed E-state index contributed by atoms with van der Waals surface area (Å²) in [5.41, 5.74) is 2.42. The molecule has 1 heterocycles. The van der Waals surface area contributed by atoms with Gasteiger partial charge in [-0.15, -0.1) is 0 Å². The van der Waals surface area contributed by atoms with Gasteiger partial charge >= 0.3 is 0 Å². The zero-order chi connectivity index (χ0) is 13.7. The summed E-state index contributed by atoms with van der Waals surface area (Å²) in [6, 6.07) is 5.02. The molecular weight excluding hydrogens is 236 g/mol. The van der Waals surface area contributed by atoms with Crippen molar-refractivity contribution in [2.75, 3.05) is 6.61 Å². The maximum absolute atomic E-state index is 5.76. The molecule has 1 aliphatic rings. The number of ether oxygens (including phenoxy) is 1. The minimum absolute atomic E-state index is 0.439. The van der Waals surface area contributed by atoms with E-state index in [-0.39, 0.29) is 0 Å². The lowest BCUT2D eigenvalue weighted by Crippen LogP contribution is -2.16. The highest BCUT2D eigenvalue weighted by atomic mass is 16.5. The maximum atomic E-state index is 5.76. The van der Waals surface area contributed by atoms with Crippen molar-refractivity contribution in [2.24, 2.45) is 0 Å². The average Bonchev–Trinajstić information content (AvgIpc) is 3.20. The molecule has 19 heavy (non-hydrogen) atoms. The summed E-state index contributed by atoms with van der Waals surface area (Å²) in [7, 11) is 0. The molecule has 0 aromatic carbocycles. The van der Waals surface area contributed by atoms with Crippen LogP contribution in [0.4, 0.5) is 0 Å². The first-order valence-electron chi connectivity index (χ1n) is 7.56. The number of hydrogen-bond acceptors (Lipinski definition) is 3. The molecule has 106 valence electrons. The fraction of sp³-hybridized carbons (Fsp3) is 0.688. The van der Waals surface area contributed by atoms with Crippen molar-refractivity contribution in [3.05, 3.63) is 23.4 Å². The van der Waals surface area contributed by atoms with Gasteiger partial charge in [0.05, 0.1) is 6.61 Å². The van der Waals surface area contributed by atoms with Gasteiger partial charge in [0.1, 0.15) is 0 Å². The van der Waals surface area contributed by atoms with Crippen LogP contribution in [0, 0.1) is 0 Å². The molecule has 0 aliphatic heterocycles. The molecular formula is C16H26N2O. The normalized spacial score (nSPS) is 14.9. The van der Waals surface area contributed by atoms with Crippen molar-refractivity contribution in [1.82, 2.24) is 10.3 Å². The molecule has 3 nitrogen and oxygen atoms in total. The molecule has 3 heteroatoms. The van der Waals surface area contributed by atoms with E-state index in [1.165, 1.54) is 18.4 Å². The predicted octanol–water partition coefficient (Wildman–Crippen LogP) is 3.64. The Labute approximate surface area is 116 Å². The maximum Gasteiger partial charge on any atom is 0.213 e. The van der Waals surface area contributed by atoms with Gasteiger partial charge in [-0.3, -0.25) is 0 Å². The number of rotatable bonds is 8. The minimum Gasteiger partial charge on any atom is -0.478 e. The van der Waals surface area contributed by atoms with Gasteiger partial charge in [-0.05, 0) is 36.8 Å². The van der Waals surface area contributed by atoms with Crippen LogP contribution >= 0.6 is 0 Å². The quantitative estimate of drug-likeness (QED) is 0.726. The molecule has 0 amide bonds. The van der Waals surface area contributed by atoms with Crippen LogP contribution in [0.5, 0.6) is 5.88 Å². The summed E-state index contributed by atoms with van der Waals surface area (Å²) in [5.74, 6) is 1.22. The standard InChI is InChI=1S/C16H26N2O/c1-4-5-8-19-16-10-13(11-17-14-6-7-14)9-15(18-16)12(2)3/h9-10,12,14,17H,4-8,11H2,1-3H3. The van der Waals surface area contributed by atoms with E-state index in [2.05, 4.69) is 43.2 Å². The molecule has 0 radical (unpaired) electrons. The molecule has 0 spiro atoms. The van der Waals surface area contributed by atoms with Crippen LogP contribution in [0.3, 0.4) is 0 Å². The predicted molar refractivity (Wildman–Crippen MR) is 78.6 cm³/mol. The van der Waals surface area contributed by atoms with Gasteiger partial charge in [-0.25, -0.2) is 4.98 Å². The Bertz CT molecular complexity index is 400. The summed E-state index contributed by atoms with van der Waals surface area (Å²) < 4.78 is 5.76. The minimum atomic E-state index is 0.439. The van der Waals surface area contributed by atoms with E-state index in [1.807, 2.05) is 0 Å². The van der Waals surface area contributed by atoms with Crippen molar-refractivity contribution >= 4 is 0 Å². The van der Waals surface area contributed by atoms with Gasteiger partial charge in [-0.1, -0.05) is 27.2 Å². The Kier molecular flexibility index (Phi) is 5.20. The topological polar surface area (TPSA) is 34.1 Å². The number of aromatic nitrogens is 1. The van der Waals surface area contributed by atoms with E-state index >= 15 is 0 Å². The molecule has 1 N–H and O–H groups in total. The molecule has 0 atom stereocenters. The molecule has 0 bridgehead atoms. The highest BCUT2D eigenvalue weighted by Gasteiger charge is 2.20. The zero-order valence-electron chi connectivity index (χ0n) is 12.4. The number of unbranched alkanes of at least 4 members (excludes halogenated alkanes) is 1. The van der Waals surface area contributed by atoms with E-state index in [1.54, 1.807) is 0 Å². The fourth-order valence-electron chi connectivity index (χ4n) is 1.92. The highest BCUT2D eigenvalue weighted by molar-refractivity contribution is 5.26. The van der Waals surface area contributed by atoms with Crippen LogP contribution in [0.25, 0.3) is 0 Å². The van der Waals surface area contributed by atoms with Crippen LogP contribution in [0.2, 0.25) is 0 Å². The average molecular weight is 262 g/mol. The molecule has 1 fully saturated rings. The van der Waals surface area contributed by atoms with Crippen LogP contribution in [-0.2, 0) is 6.54 Å². The van der Waals surface area contributed by atoms with Crippen LogP contribution in [0.1, 0.15) is 63.6 Å². The fourth-order valence-corrected chi connectivity index (χ4v) is 1.92. The van der Waals surface area contributed by atoms with E-state index in [9.17, 15) is 0 Å². The van der Waals surface area contributed by atoms with Crippen LogP contribution in [0.15, 0.2) is 12.1 Å². The Morgan fingerprint density at radius 1 is 1.37 bits per heavy atom. The second kappa shape index (κ2) is 6.90. The summed E-state index contributed by atoms with van der Waals surface area (Å²) in [6.07, 6.45) is 4.88. The number of nitrogens with zero attached hydrogens (tertiary/aromatic N) is 1. The Morgan fingerprint density at radius 2 is 2.16 bits per heavy atom. The summed E-state index contributed by atoms with van der Waals surface area (Å²) in [5, 5.41) is 3.55. The lowest BCUT2D eigenvalue weighted by atomic mass is 10.1. The summed E-state index contributed by atoms with van der Waals surface area (Å²) in [6.45, 7) is 8.22. The van der Waals surface area contributed by atoms with Crippen LogP contribution < -0.4 is 10.1 Å².